The van der Waals surface area contributed by atoms with Gasteiger partial charge in [0.05, 0.1) is 37.6 Å². The third-order valence-electron chi connectivity index (χ3n) is 5.54. The number of carbonyl (C=O) groups is 4. The van der Waals surface area contributed by atoms with E-state index in [1.807, 2.05) is 0 Å². The molecular formula is C25H22N2O7. The number of aliphatic carboxylic acids is 1. The second-order valence-corrected chi connectivity index (χ2v) is 7.93. The number of carboxylic acids is 1. The van der Waals surface area contributed by atoms with Gasteiger partial charge in [0.15, 0.2) is 5.92 Å². The number of hydrogen-bond donors (Lipinski definition) is 2. The average Bonchev–Trinajstić information content (AvgIpc) is 3.30. The number of imide groups is 1. The molecular weight excluding hydrogens is 440 g/mol. The molecule has 0 saturated heterocycles. The number of ether oxygens (including phenoxy) is 1. The van der Waals surface area contributed by atoms with Gasteiger partial charge in [-0.05, 0) is 53.9 Å². The molecule has 0 fully saturated rings. The van der Waals surface area contributed by atoms with E-state index in [-0.39, 0.29) is 29.8 Å². The lowest BCUT2D eigenvalue weighted by Gasteiger charge is -2.31. The molecule has 1 aromatic heterocycles. The SMILES string of the molecule is COc1ccc(CC(=O)Nc2cc(C)cc3c2C(=O)N(Cc2ccco2)C(=O)C3C(=O)O)cc1. The minimum absolute atomic E-state index is 0.0211. The number of aryl methyl sites for hydroxylation is 1. The van der Waals surface area contributed by atoms with Gasteiger partial charge in [0.25, 0.3) is 5.91 Å². The lowest BCUT2D eigenvalue weighted by atomic mass is 9.86. The Morgan fingerprint density at radius 1 is 1.15 bits per heavy atom. The first-order valence-corrected chi connectivity index (χ1v) is 10.5. The number of furan rings is 1. The van der Waals surface area contributed by atoms with Crippen molar-refractivity contribution in [3.8, 4) is 5.75 Å². The number of carbonyl (C=O) groups excluding carboxylic acids is 3. The number of nitrogens with one attached hydrogen (secondary N) is 1. The van der Waals surface area contributed by atoms with E-state index < -0.39 is 29.6 Å². The fourth-order valence-corrected chi connectivity index (χ4v) is 3.97. The monoisotopic (exact) mass is 462 g/mol. The number of fused-ring (bicyclic) bond motifs is 1. The molecule has 1 aliphatic heterocycles. The predicted molar refractivity (Wildman–Crippen MR) is 120 cm³/mol. The maximum atomic E-state index is 13.4. The average molecular weight is 462 g/mol. The largest absolute Gasteiger partial charge is 0.497 e. The van der Waals surface area contributed by atoms with Gasteiger partial charge >= 0.3 is 5.97 Å². The Balaban J connectivity index is 1.69. The summed E-state index contributed by atoms with van der Waals surface area (Å²) >= 11 is 0. The van der Waals surface area contributed by atoms with Crippen LogP contribution in [0.3, 0.4) is 0 Å². The molecule has 9 nitrogen and oxygen atoms in total. The summed E-state index contributed by atoms with van der Waals surface area (Å²) in [6, 6.07) is 13.2. The van der Waals surface area contributed by atoms with Crippen molar-refractivity contribution in [1.82, 2.24) is 4.90 Å². The van der Waals surface area contributed by atoms with Gasteiger partial charge < -0.3 is 19.6 Å². The van der Waals surface area contributed by atoms with Gasteiger partial charge in [0, 0.05) is 0 Å². The highest BCUT2D eigenvalue weighted by molar-refractivity contribution is 6.20. The van der Waals surface area contributed by atoms with Crippen LogP contribution in [0.1, 0.15) is 38.7 Å². The molecule has 2 N–H and O–H groups in total. The fraction of sp³-hybridized carbons (Fsp3) is 0.200. The van der Waals surface area contributed by atoms with Crippen molar-refractivity contribution in [2.75, 3.05) is 12.4 Å². The summed E-state index contributed by atoms with van der Waals surface area (Å²) < 4.78 is 10.4. The van der Waals surface area contributed by atoms with Gasteiger partial charge in [-0.25, -0.2) is 0 Å². The molecule has 2 heterocycles. The number of rotatable bonds is 7. The molecule has 0 spiro atoms. The summed E-state index contributed by atoms with van der Waals surface area (Å²) in [5, 5.41) is 12.5. The third-order valence-corrected chi connectivity index (χ3v) is 5.54. The summed E-state index contributed by atoms with van der Waals surface area (Å²) in [5.41, 5.74) is 1.51. The smallest absolute Gasteiger partial charge is 0.320 e. The number of benzene rings is 2. The number of anilines is 1. The zero-order valence-corrected chi connectivity index (χ0v) is 18.5. The normalized spacial score (nSPS) is 15.1. The molecule has 0 saturated carbocycles. The van der Waals surface area contributed by atoms with Crippen LogP contribution in [0, 0.1) is 6.92 Å². The van der Waals surface area contributed by atoms with Crippen LogP contribution >= 0.6 is 0 Å². The first kappa shape index (κ1) is 22.8. The van der Waals surface area contributed by atoms with Crippen LogP contribution in [0.25, 0.3) is 0 Å². The van der Waals surface area contributed by atoms with E-state index in [4.69, 9.17) is 9.15 Å². The molecule has 0 radical (unpaired) electrons. The zero-order valence-electron chi connectivity index (χ0n) is 18.5. The Labute approximate surface area is 194 Å². The summed E-state index contributed by atoms with van der Waals surface area (Å²) in [6.07, 6.45) is 1.42. The van der Waals surface area contributed by atoms with Gasteiger partial charge in [-0.1, -0.05) is 18.2 Å². The Kier molecular flexibility index (Phi) is 6.18. The van der Waals surface area contributed by atoms with Crippen LogP contribution in [0.4, 0.5) is 5.69 Å². The molecule has 1 aliphatic rings. The highest BCUT2D eigenvalue weighted by Gasteiger charge is 2.44. The molecule has 3 amide bonds. The molecule has 3 aromatic rings. The van der Waals surface area contributed by atoms with E-state index in [0.29, 0.717) is 17.1 Å². The van der Waals surface area contributed by atoms with Crippen molar-refractivity contribution in [2.45, 2.75) is 25.8 Å². The van der Waals surface area contributed by atoms with Crippen LogP contribution in [-0.4, -0.2) is 40.8 Å². The number of amides is 3. The quantitative estimate of drug-likeness (QED) is 0.408. The van der Waals surface area contributed by atoms with Gasteiger partial charge in [-0.15, -0.1) is 0 Å². The zero-order chi connectivity index (χ0) is 24.4. The first-order chi connectivity index (χ1) is 16.3. The predicted octanol–water partition coefficient (Wildman–Crippen LogP) is 3.13. The minimum atomic E-state index is -1.58. The maximum absolute atomic E-state index is 13.4. The molecule has 4 rings (SSSR count). The summed E-state index contributed by atoms with van der Waals surface area (Å²) in [7, 11) is 1.55. The van der Waals surface area contributed by atoms with Gasteiger partial charge in [-0.2, -0.15) is 0 Å². The molecule has 34 heavy (non-hydrogen) atoms. The van der Waals surface area contributed by atoms with E-state index in [0.717, 1.165) is 10.5 Å². The van der Waals surface area contributed by atoms with Crippen LogP contribution in [0.2, 0.25) is 0 Å². The van der Waals surface area contributed by atoms with Crippen LogP contribution in [-0.2, 0) is 27.3 Å². The number of nitrogens with zero attached hydrogens (tertiary/aromatic N) is 1. The Bertz CT molecular complexity index is 1260. The molecule has 2 aromatic carbocycles. The van der Waals surface area contributed by atoms with Crippen molar-refractivity contribution in [3.63, 3.8) is 0 Å². The topological polar surface area (TPSA) is 126 Å². The lowest BCUT2D eigenvalue weighted by molar-refractivity contribution is -0.146. The summed E-state index contributed by atoms with van der Waals surface area (Å²) in [4.78, 5) is 52.0. The standard InChI is InChI=1S/C25H22N2O7/c1-14-10-18-21(19(11-14)26-20(28)12-15-5-7-16(33-2)8-6-15)23(29)27(13-17-4-3-9-34-17)24(30)22(18)25(31)32/h3-11,22H,12-13H2,1-2H3,(H,26,28)(H,31,32). The van der Waals surface area contributed by atoms with E-state index in [2.05, 4.69) is 5.32 Å². The van der Waals surface area contributed by atoms with E-state index in [1.54, 1.807) is 56.5 Å². The Hall–Kier alpha value is -4.40. The van der Waals surface area contributed by atoms with Crippen molar-refractivity contribution >= 4 is 29.4 Å². The number of hydrogen-bond acceptors (Lipinski definition) is 6. The molecule has 9 heteroatoms. The second-order valence-electron chi connectivity index (χ2n) is 7.93. The van der Waals surface area contributed by atoms with Gasteiger partial charge in [-0.3, -0.25) is 24.1 Å². The maximum Gasteiger partial charge on any atom is 0.320 e. The molecule has 0 aliphatic carbocycles. The lowest BCUT2D eigenvalue weighted by Crippen LogP contribution is -2.47. The van der Waals surface area contributed by atoms with Crippen LogP contribution < -0.4 is 10.1 Å². The highest BCUT2D eigenvalue weighted by atomic mass is 16.5. The van der Waals surface area contributed by atoms with Crippen molar-refractivity contribution in [3.05, 3.63) is 82.8 Å². The molecule has 174 valence electrons. The van der Waals surface area contributed by atoms with E-state index >= 15 is 0 Å². The second kappa shape index (κ2) is 9.22. The van der Waals surface area contributed by atoms with Crippen molar-refractivity contribution in [2.24, 2.45) is 0 Å². The molecule has 1 unspecified atom stereocenters. The van der Waals surface area contributed by atoms with Gasteiger partial charge in [0.2, 0.25) is 11.8 Å². The Morgan fingerprint density at radius 2 is 1.88 bits per heavy atom. The number of carboxylic acid groups (broad SMARTS) is 1. The van der Waals surface area contributed by atoms with Gasteiger partial charge in [0.1, 0.15) is 11.5 Å². The number of methoxy groups -OCH3 is 1. The first-order valence-electron chi connectivity index (χ1n) is 10.5. The third kappa shape index (κ3) is 4.40. The highest BCUT2D eigenvalue weighted by Crippen LogP contribution is 2.36. The van der Waals surface area contributed by atoms with Crippen LogP contribution in [0.5, 0.6) is 5.75 Å². The van der Waals surface area contributed by atoms with Crippen LogP contribution in [0.15, 0.2) is 59.2 Å². The van der Waals surface area contributed by atoms with E-state index in [9.17, 15) is 24.3 Å². The van der Waals surface area contributed by atoms with Crippen molar-refractivity contribution < 1.29 is 33.4 Å². The fourth-order valence-electron chi connectivity index (χ4n) is 3.97. The molecule has 1 atom stereocenters. The summed E-state index contributed by atoms with van der Waals surface area (Å²) in [6.45, 7) is 1.48. The molecule has 0 bridgehead atoms. The van der Waals surface area contributed by atoms with Crippen molar-refractivity contribution in [1.29, 1.82) is 0 Å². The summed E-state index contributed by atoms with van der Waals surface area (Å²) in [5.74, 6) is -3.94. The minimum Gasteiger partial charge on any atom is -0.497 e. The Morgan fingerprint density at radius 3 is 2.50 bits per heavy atom. The van der Waals surface area contributed by atoms with E-state index in [1.165, 1.54) is 12.3 Å².